The van der Waals surface area contributed by atoms with E-state index >= 15 is 0 Å². The standard InChI is InChI=1S/C40H44N4O6/c1-28(24-37(45)41-35(26-29-12-8-6-9-13-29)39(47)43(2)31-16-20-33(49-4)21-17-31)25-38(46)42-36(27-30-14-10-7-11-15-30)40(48)44(3)32-18-22-34(50-5)23-19-32/h6-24,35-36H,25-27H2,1-5H3,(H,41,45)(H,42,46)/b28-24+/t35-,36?/m0/s1. The van der Waals surface area contributed by atoms with E-state index in [1.54, 1.807) is 83.8 Å². The minimum absolute atomic E-state index is 0.124. The van der Waals surface area contributed by atoms with Gasteiger partial charge in [0.1, 0.15) is 23.6 Å². The Labute approximate surface area is 293 Å². The molecule has 4 aromatic carbocycles. The zero-order chi connectivity index (χ0) is 36.0. The molecule has 50 heavy (non-hydrogen) atoms. The number of likely N-dealkylation sites (N-methyl/N-ethyl adjacent to an activating group) is 2. The number of benzene rings is 4. The van der Waals surface area contributed by atoms with Gasteiger partial charge in [0.15, 0.2) is 0 Å². The summed E-state index contributed by atoms with van der Waals surface area (Å²) in [6.45, 7) is 1.66. The van der Waals surface area contributed by atoms with E-state index in [1.807, 2.05) is 60.7 Å². The molecule has 0 saturated heterocycles. The summed E-state index contributed by atoms with van der Waals surface area (Å²) in [5.74, 6) is -0.207. The summed E-state index contributed by atoms with van der Waals surface area (Å²) < 4.78 is 10.5. The second-order valence-electron chi connectivity index (χ2n) is 11.9. The summed E-state index contributed by atoms with van der Waals surface area (Å²) in [7, 11) is 6.45. The fourth-order valence-electron chi connectivity index (χ4n) is 5.42. The Bertz CT molecular complexity index is 1760. The topological polar surface area (TPSA) is 117 Å². The third-order valence-electron chi connectivity index (χ3n) is 8.21. The molecule has 0 spiro atoms. The molecule has 0 bridgehead atoms. The molecular formula is C40H44N4O6. The van der Waals surface area contributed by atoms with Crippen LogP contribution in [-0.2, 0) is 32.0 Å². The Morgan fingerprint density at radius 2 is 1.02 bits per heavy atom. The van der Waals surface area contributed by atoms with E-state index in [1.165, 1.54) is 15.9 Å². The van der Waals surface area contributed by atoms with Crippen molar-refractivity contribution in [1.82, 2.24) is 10.6 Å². The molecular weight excluding hydrogens is 632 g/mol. The lowest BCUT2D eigenvalue weighted by Crippen LogP contribution is -2.49. The molecule has 1 unspecified atom stereocenters. The van der Waals surface area contributed by atoms with Gasteiger partial charge >= 0.3 is 0 Å². The fraction of sp³-hybridized carbons (Fsp3) is 0.250. The summed E-state index contributed by atoms with van der Waals surface area (Å²) >= 11 is 0. The van der Waals surface area contributed by atoms with Crippen LogP contribution in [0, 0.1) is 0 Å². The molecule has 2 atom stereocenters. The van der Waals surface area contributed by atoms with Crippen LogP contribution in [0.15, 0.2) is 121 Å². The van der Waals surface area contributed by atoms with Gasteiger partial charge in [-0.2, -0.15) is 0 Å². The van der Waals surface area contributed by atoms with Gasteiger partial charge in [0.2, 0.25) is 23.6 Å². The predicted octanol–water partition coefficient (Wildman–Crippen LogP) is 5.12. The van der Waals surface area contributed by atoms with E-state index in [2.05, 4.69) is 10.6 Å². The van der Waals surface area contributed by atoms with Crippen molar-refractivity contribution in [1.29, 1.82) is 0 Å². The van der Waals surface area contributed by atoms with Gasteiger partial charge in [-0.25, -0.2) is 0 Å². The Morgan fingerprint density at radius 1 is 0.620 bits per heavy atom. The van der Waals surface area contributed by atoms with E-state index in [0.717, 1.165) is 11.1 Å². The number of carbonyl (C=O) groups is 4. The summed E-state index contributed by atoms with van der Waals surface area (Å²) in [4.78, 5) is 56.9. The predicted molar refractivity (Wildman–Crippen MR) is 195 cm³/mol. The molecule has 10 heteroatoms. The first-order valence-electron chi connectivity index (χ1n) is 16.3. The molecule has 0 aliphatic heterocycles. The highest BCUT2D eigenvalue weighted by Gasteiger charge is 2.27. The third kappa shape index (κ3) is 10.6. The van der Waals surface area contributed by atoms with E-state index in [4.69, 9.17) is 9.47 Å². The van der Waals surface area contributed by atoms with Crippen molar-refractivity contribution in [3.05, 3.63) is 132 Å². The number of rotatable bonds is 15. The molecule has 0 saturated carbocycles. The van der Waals surface area contributed by atoms with Crippen LogP contribution in [0.5, 0.6) is 11.5 Å². The molecule has 0 radical (unpaired) electrons. The highest BCUT2D eigenvalue weighted by molar-refractivity contribution is 6.01. The lowest BCUT2D eigenvalue weighted by atomic mass is 10.0. The average molecular weight is 677 g/mol. The molecule has 4 amide bonds. The quantitative estimate of drug-likeness (QED) is 0.169. The fourth-order valence-corrected chi connectivity index (χ4v) is 5.42. The van der Waals surface area contributed by atoms with Crippen molar-refractivity contribution in [3.63, 3.8) is 0 Å². The van der Waals surface area contributed by atoms with Gasteiger partial charge in [-0.05, 0) is 66.6 Å². The number of ether oxygens (including phenoxy) is 2. The Kier molecular flexibility index (Phi) is 13.3. The maximum atomic E-state index is 13.7. The number of hydrogen-bond acceptors (Lipinski definition) is 6. The molecule has 2 N–H and O–H groups in total. The number of methoxy groups -OCH3 is 2. The molecule has 0 aromatic heterocycles. The normalized spacial score (nSPS) is 12.2. The van der Waals surface area contributed by atoms with Crippen molar-refractivity contribution in [2.45, 2.75) is 38.3 Å². The molecule has 260 valence electrons. The second kappa shape index (κ2) is 18.0. The molecule has 4 aromatic rings. The lowest BCUT2D eigenvalue weighted by Gasteiger charge is -2.25. The van der Waals surface area contributed by atoms with Gasteiger partial charge in [0.25, 0.3) is 0 Å². The number of nitrogens with zero attached hydrogens (tertiary/aromatic N) is 2. The molecule has 10 nitrogen and oxygen atoms in total. The highest BCUT2D eigenvalue weighted by Crippen LogP contribution is 2.21. The van der Waals surface area contributed by atoms with Gasteiger partial charge < -0.3 is 29.9 Å². The number of amides is 4. The Morgan fingerprint density at radius 3 is 1.42 bits per heavy atom. The maximum absolute atomic E-state index is 13.7. The van der Waals surface area contributed by atoms with E-state index in [0.29, 0.717) is 28.4 Å². The van der Waals surface area contributed by atoms with Gasteiger partial charge in [0.05, 0.1) is 14.2 Å². The monoisotopic (exact) mass is 676 g/mol. The van der Waals surface area contributed by atoms with Crippen molar-refractivity contribution < 1.29 is 28.7 Å². The zero-order valence-electron chi connectivity index (χ0n) is 29.1. The third-order valence-corrected chi connectivity index (χ3v) is 8.21. The van der Waals surface area contributed by atoms with E-state index in [9.17, 15) is 19.2 Å². The Hall–Kier alpha value is -5.90. The molecule has 4 rings (SSSR count). The maximum Gasteiger partial charge on any atom is 0.249 e. The van der Waals surface area contributed by atoms with E-state index < -0.39 is 23.9 Å². The molecule has 0 aliphatic rings. The van der Waals surface area contributed by atoms with Crippen LogP contribution >= 0.6 is 0 Å². The highest BCUT2D eigenvalue weighted by atomic mass is 16.5. The van der Waals surface area contributed by atoms with E-state index in [-0.39, 0.29) is 31.1 Å². The van der Waals surface area contributed by atoms with Crippen molar-refractivity contribution in [2.75, 3.05) is 38.1 Å². The minimum atomic E-state index is -0.878. The van der Waals surface area contributed by atoms with Crippen LogP contribution in [0.3, 0.4) is 0 Å². The molecule has 0 fully saturated rings. The van der Waals surface area contributed by atoms with Gasteiger partial charge in [-0.1, -0.05) is 66.2 Å². The average Bonchev–Trinajstić information content (AvgIpc) is 3.13. The van der Waals surface area contributed by atoms with Crippen molar-refractivity contribution in [3.8, 4) is 11.5 Å². The van der Waals surface area contributed by atoms with Crippen LogP contribution in [0.25, 0.3) is 0 Å². The summed E-state index contributed by atoms with van der Waals surface area (Å²) in [5, 5.41) is 5.72. The smallest absolute Gasteiger partial charge is 0.249 e. The van der Waals surface area contributed by atoms with Crippen LogP contribution < -0.4 is 29.9 Å². The van der Waals surface area contributed by atoms with Crippen LogP contribution in [-0.4, -0.2) is 64.0 Å². The van der Waals surface area contributed by atoms with Crippen LogP contribution in [0.2, 0.25) is 0 Å². The van der Waals surface area contributed by atoms with Crippen LogP contribution in [0.1, 0.15) is 24.5 Å². The second-order valence-corrected chi connectivity index (χ2v) is 11.9. The van der Waals surface area contributed by atoms with Crippen molar-refractivity contribution >= 4 is 35.0 Å². The minimum Gasteiger partial charge on any atom is -0.497 e. The number of nitrogens with one attached hydrogen (secondary N) is 2. The Balaban J connectivity index is 1.46. The van der Waals surface area contributed by atoms with Gasteiger partial charge in [-0.3, -0.25) is 19.2 Å². The molecule has 0 heterocycles. The van der Waals surface area contributed by atoms with Crippen molar-refractivity contribution in [2.24, 2.45) is 0 Å². The first-order valence-corrected chi connectivity index (χ1v) is 16.3. The van der Waals surface area contributed by atoms with Gasteiger partial charge in [-0.15, -0.1) is 0 Å². The SMILES string of the molecule is COc1ccc(N(C)C(=O)C(Cc2ccccc2)NC(=O)C/C(C)=C/C(=O)N[C@@H](Cc2ccccc2)C(=O)N(C)c2ccc(OC)cc2)cc1. The number of anilines is 2. The van der Waals surface area contributed by atoms with Gasteiger partial charge in [0, 0.05) is 50.8 Å². The zero-order valence-corrected chi connectivity index (χ0v) is 29.1. The number of carbonyl (C=O) groups excluding carboxylic acids is 4. The first kappa shape index (κ1) is 36.9. The number of hydrogen-bond donors (Lipinski definition) is 2. The van der Waals surface area contributed by atoms with Crippen LogP contribution in [0.4, 0.5) is 11.4 Å². The summed E-state index contributed by atoms with van der Waals surface area (Å²) in [5.41, 5.74) is 3.51. The molecule has 0 aliphatic carbocycles. The summed E-state index contributed by atoms with van der Waals surface area (Å²) in [6, 6.07) is 31.2. The first-order chi connectivity index (χ1) is 24.1. The largest absolute Gasteiger partial charge is 0.497 e. The lowest BCUT2D eigenvalue weighted by molar-refractivity contribution is -0.127. The summed E-state index contributed by atoms with van der Waals surface area (Å²) in [6.07, 6.45) is 1.74.